The van der Waals surface area contributed by atoms with E-state index in [0.717, 1.165) is 25.3 Å². The monoisotopic (exact) mass is 362 g/mol. The second kappa shape index (κ2) is 9.23. The van der Waals surface area contributed by atoms with Crippen molar-refractivity contribution in [2.75, 3.05) is 13.2 Å². The molecule has 0 amide bonds. The molecule has 2 atom stereocenters. The van der Waals surface area contributed by atoms with Crippen molar-refractivity contribution in [3.63, 3.8) is 0 Å². The molecule has 1 aliphatic heterocycles. The van der Waals surface area contributed by atoms with Crippen LogP contribution in [0.4, 0.5) is 0 Å². The van der Waals surface area contributed by atoms with Crippen LogP contribution in [0, 0.1) is 11.3 Å². The van der Waals surface area contributed by atoms with Crippen LogP contribution in [0.2, 0.25) is 0 Å². The van der Waals surface area contributed by atoms with E-state index in [-0.39, 0.29) is 11.7 Å². The summed E-state index contributed by atoms with van der Waals surface area (Å²) in [4.78, 5) is 0. The van der Waals surface area contributed by atoms with Crippen LogP contribution >= 0.6 is 0 Å². The predicted molar refractivity (Wildman–Crippen MR) is 108 cm³/mol. The van der Waals surface area contributed by atoms with E-state index in [1.54, 1.807) is 0 Å². The van der Waals surface area contributed by atoms with E-state index in [9.17, 15) is 0 Å². The first kappa shape index (κ1) is 21.2. The van der Waals surface area contributed by atoms with Crippen molar-refractivity contribution in [2.45, 2.75) is 85.5 Å². The zero-order chi connectivity index (χ0) is 19.2. The molecule has 1 saturated heterocycles. The summed E-state index contributed by atoms with van der Waals surface area (Å²) in [6.45, 7) is 16.6. The molecule has 0 unspecified atom stereocenters. The molecule has 0 aromatic heterocycles. The summed E-state index contributed by atoms with van der Waals surface area (Å²) < 4.78 is 11.8. The summed E-state index contributed by atoms with van der Waals surface area (Å²) in [5.74, 6) is 1.67. The molecule has 0 aliphatic carbocycles. The Kier molecular flexibility index (Phi) is 7.54. The summed E-state index contributed by atoms with van der Waals surface area (Å²) in [5.41, 5.74) is 1.86. The minimum absolute atomic E-state index is 0.0643. The molecular weight excluding hydrogens is 322 g/mol. The largest absolute Gasteiger partial charge is 0.491 e. The highest BCUT2D eigenvalue weighted by Gasteiger charge is 2.44. The van der Waals surface area contributed by atoms with Gasteiger partial charge in [0.1, 0.15) is 12.3 Å². The maximum atomic E-state index is 6.11. The molecule has 26 heavy (non-hydrogen) atoms. The molecule has 0 saturated carbocycles. The number of hydrogen-bond acceptors (Lipinski definition) is 2. The molecule has 0 bridgehead atoms. The van der Waals surface area contributed by atoms with Crippen LogP contribution in [0.15, 0.2) is 24.3 Å². The van der Waals surface area contributed by atoms with Crippen molar-refractivity contribution < 1.29 is 14.8 Å². The highest BCUT2D eigenvalue weighted by Crippen LogP contribution is 2.47. The predicted octanol–water partition coefficient (Wildman–Crippen LogP) is 4.55. The van der Waals surface area contributed by atoms with Gasteiger partial charge < -0.3 is 14.8 Å². The summed E-state index contributed by atoms with van der Waals surface area (Å²) in [7, 11) is 0. The van der Waals surface area contributed by atoms with Crippen LogP contribution in [0.5, 0.6) is 5.75 Å². The average molecular weight is 363 g/mol. The van der Waals surface area contributed by atoms with E-state index in [1.807, 2.05) is 0 Å². The normalized spacial score (nSPS) is 26.5. The lowest BCUT2D eigenvalue weighted by atomic mass is 9.64. The molecule has 1 aromatic carbocycles. The fourth-order valence-corrected chi connectivity index (χ4v) is 4.24. The summed E-state index contributed by atoms with van der Waals surface area (Å²) >= 11 is 0. The number of ether oxygens (including phenoxy) is 2. The van der Waals surface area contributed by atoms with Crippen molar-refractivity contribution >= 4 is 0 Å². The Morgan fingerprint density at radius 1 is 1.15 bits per heavy atom. The molecule has 1 aromatic rings. The molecule has 1 fully saturated rings. The third-order valence-corrected chi connectivity index (χ3v) is 6.27. The van der Waals surface area contributed by atoms with E-state index in [1.165, 1.54) is 31.4 Å². The highest BCUT2D eigenvalue weighted by atomic mass is 16.5. The minimum Gasteiger partial charge on any atom is -0.491 e. The second-order valence-electron chi connectivity index (χ2n) is 8.94. The molecule has 148 valence electrons. The van der Waals surface area contributed by atoms with E-state index in [4.69, 9.17) is 9.47 Å². The average Bonchev–Trinajstić information content (AvgIpc) is 2.59. The van der Waals surface area contributed by atoms with Crippen molar-refractivity contribution in [1.29, 1.82) is 0 Å². The number of nitrogens with two attached hydrogens (primary N) is 1. The fourth-order valence-electron chi connectivity index (χ4n) is 4.24. The topological polar surface area (TPSA) is 35.1 Å². The molecule has 0 radical (unpaired) electrons. The molecule has 3 nitrogen and oxygen atoms in total. The number of rotatable bonds is 9. The smallest absolute Gasteiger partial charge is 0.119 e. The van der Waals surface area contributed by atoms with Crippen molar-refractivity contribution in [2.24, 2.45) is 11.3 Å². The van der Waals surface area contributed by atoms with Gasteiger partial charge in [0.25, 0.3) is 0 Å². The van der Waals surface area contributed by atoms with Gasteiger partial charge in [-0.1, -0.05) is 20.8 Å². The fraction of sp³-hybridized carbons (Fsp3) is 0.739. The highest BCUT2D eigenvalue weighted by molar-refractivity contribution is 5.26. The van der Waals surface area contributed by atoms with E-state index >= 15 is 0 Å². The Morgan fingerprint density at radius 2 is 1.85 bits per heavy atom. The van der Waals surface area contributed by atoms with Crippen LogP contribution < -0.4 is 10.1 Å². The Hall–Kier alpha value is -1.06. The van der Waals surface area contributed by atoms with Crippen LogP contribution in [0.3, 0.4) is 0 Å². The van der Waals surface area contributed by atoms with Gasteiger partial charge >= 0.3 is 0 Å². The molecular formula is C23H40NO2+. The molecule has 1 aliphatic rings. The van der Waals surface area contributed by atoms with Gasteiger partial charge in [0.05, 0.1) is 18.2 Å². The Morgan fingerprint density at radius 3 is 2.42 bits per heavy atom. The number of hydrogen-bond donors (Lipinski definition) is 1. The van der Waals surface area contributed by atoms with Crippen molar-refractivity contribution in [3.05, 3.63) is 29.8 Å². The summed E-state index contributed by atoms with van der Waals surface area (Å²) in [6, 6.07) is 8.55. The Balaban J connectivity index is 1.85. The third kappa shape index (κ3) is 5.72. The molecule has 3 heteroatoms. The quantitative estimate of drug-likeness (QED) is 0.654. The van der Waals surface area contributed by atoms with Crippen LogP contribution in [0.25, 0.3) is 0 Å². The first-order valence-electron chi connectivity index (χ1n) is 10.5. The summed E-state index contributed by atoms with van der Waals surface area (Å²) in [5, 5.41) is 2.46. The van der Waals surface area contributed by atoms with E-state index in [2.05, 4.69) is 71.1 Å². The lowest BCUT2D eigenvalue weighted by Gasteiger charge is -2.48. The van der Waals surface area contributed by atoms with Gasteiger partial charge in [0, 0.05) is 18.6 Å². The zero-order valence-corrected chi connectivity index (χ0v) is 17.8. The molecule has 0 spiro atoms. The number of benzene rings is 1. The van der Waals surface area contributed by atoms with Crippen LogP contribution in [-0.4, -0.2) is 24.9 Å². The van der Waals surface area contributed by atoms with E-state index < -0.39 is 0 Å². The second-order valence-corrected chi connectivity index (χ2v) is 8.94. The first-order chi connectivity index (χ1) is 12.3. The van der Waals surface area contributed by atoms with Crippen LogP contribution in [0.1, 0.15) is 72.8 Å². The number of quaternary nitrogens is 1. The van der Waals surface area contributed by atoms with Gasteiger partial charge in [0.2, 0.25) is 0 Å². The van der Waals surface area contributed by atoms with Gasteiger partial charge in [-0.2, -0.15) is 0 Å². The lowest BCUT2D eigenvalue weighted by Crippen LogP contribution is -2.83. The Bertz CT molecular complexity index is 540. The van der Waals surface area contributed by atoms with Crippen LogP contribution in [-0.2, 0) is 11.3 Å². The molecule has 1 heterocycles. The lowest BCUT2D eigenvalue weighted by molar-refractivity contribution is -0.672. The standard InChI is InChI=1S/C23H39NO2/c1-7-22(6)17-23(18(2)3,13-15-25-22)12-14-24-16-20-8-10-21(11-9-20)26-19(4)5/h8-11,18-19,24H,7,12-17H2,1-6H3/p+1/t22-,23+/m0/s1. The molecule has 2 N–H and O–H groups in total. The van der Waals surface area contributed by atoms with Gasteiger partial charge in [-0.25, -0.2) is 0 Å². The maximum absolute atomic E-state index is 6.11. The maximum Gasteiger partial charge on any atom is 0.119 e. The summed E-state index contributed by atoms with van der Waals surface area (Å²) in [6.07, 6.45) is 5.01. The SMILES string of the molecule is CC[C@@]1(C)C[C@](CC[NH2+]Cc2ccc(OC(C)C)cc2)(C(C)C)CCO1. The third-order valence-electron chi connectivity index (χ3n) is 6.27. The van der Waals surface area contributed by atoms with Gasteiger partial charge in [-0.05, 0) is 75.6 Å². The first-order valence-corrected chi connectivity index (χ1v) is 10.5. The van der Waals surface area contributed by atoms with Gasteiger partial charge in [-0.3, -0.25) is 0 Å². The minimum atomic E-state index is 0.0643. The molecule has 2 rings (SSSR count). The van der Waals surface area contributed by atoms with Gasteiger partial charge in [0.15, 0.2) is 0 Å². The zero-order valence-electron chi connectivity index (χ0n) is 17.8. The van der Waals surface area contributed by atoms with E-state index in [0.29, 0.717) is 11.3 Å². The Labute approximate surface area is 160 Å². The van der Waals surface area contributed by atoms with Gasteiger partial charge in [-0.15, -0.1) is 0 Å². The van der Waals surface area contributed by atoms with Crippen molar-refractivity contribution in [1.82, 2.24) is 0 Å². The van der Waals surface area contributed by atoms with Crippen molar-refractivity contribution in [3.8, 4) is 5.75 Å².